The molecule has 1 aromatic carbocycles. The van der Waals surface area contributed by atoms with Crippen LogP contribution in [0.3, 0.4) is 0 Å². The lowest BCUT2D eigenvalue weighted by Gasteiger charge is -1.99. The Balaban J connectivity index is 3.19. The molecular weight excluding hydrogens is 249 g/mol. The Kier molecular flexibility index (Phi) is 2.89. The fraction of sp³-hybridized carbons (Fsp3) is 0.222. The number of benzene rings is 1. The molecule has 1 aromatic rings. The van der Waals surface area contributed by atoms with E-state index in [1.807, 2.05) is 18.2 Å². The maximum Gasteiger partial charge on any atom is 0.0994 e. The lowest BCUT2D eigenvalue weighted by molar-refractivity contribution is 1.13. The van der Waals surface area contributed by atoms with E-state index in [-0.39, 0.29) is 0 Å². The summed E-state index contributed by atoms with van der Waals surface area (Å²) in [6.07, 6.45) is 0.930. The van der Waals surface area contributed by atoms with E-state index < -0.39 is 0 Å². The van der Waals surface area contributed by atoms with Crippen molar-refractivity contribution in [2.24, 2.45) is 0 Å². The number of nitrogens with zero attached hydrogens (tertiary/aromatic N) is 1. The standard InChI is InChI=1S/C9H8IN/c1-2-7-3-4-9(10)5-8(7)6-11/h3-5H,2H2,1H3. The third-order valence-corrected chi connectivity index (χ3v) is 2.24. The van der Waals surface area contributed by atoms with Crippen molar-refractivity contribution in [1.82, 2.24) is 0 Å². The highest BCUT2D eigenvalue weighted by molar-refractivity contribution is 14.1. The van der Waals surface area contributed by atoms with Gasteiger partial charge in [-0.1, -0.05) is 13.0 Å². The van der Waals surface area contributed by atoms with Gasteiger partial charge in [0.25, 0.3) is 0 Å². The molecule has 1 rings (SSSR count). The fourth-order valence-electron chi connectivity index (χ4n) is 0.961. The van der Waals surface area contributed by atoms with Crippen molar-refractivity contribution in [3.05, 3.63) is 32.9 Å². The largest absolute Gasteiger partial charge is 0.192 e. The Morgan fingerprint density at radius 1 is 1.55 bits per heavy atom. The second kappa shape index (κ2) is 3.72. The van der Waals surface area contributed by atoms with Crippen LogP contribution in [0.15, 0.2) is 18.2 Å². The van der Waals surface area contributed by atoms with E-state index >= 15 is 0 Å². The minimum absolute atomic E-state index is 0.805. The first-order valence-electron chi connectivity index (χ1n) is 3.46. The Hall–Kier alpha value is -0.560. The highest BCUT2D eigenvalue weighted by atomic mass is 127. The van der Waals surface area contributed by atoms with Crippen LogP contribution in [-0.4, -0.2) is 0 Å². The zero-order valence-corrected chi connectivity index (χ0v) is 8.42. The monoisotopic (exact) mass is 257 g/mol. The number of hydrogen-bond acceptors (Lipinski definition) is 1. The Labute approximate surface area is 80.2 Å². The SMILES string of the molecule is CCc1ccc(I)cc1C#N. The molecular formula is C9H8IN. The number of halogens is 1. The van der Waals surface area contributed by atoms with Gasteiger partial charge >= 0.3 is 0 Å². The highest BCUT2D eigenvalue weighted by Crippen LogP contribution is 2.13. The van der Waals surface area contributed by atoms with Crippen LogP contribution in [0, 0.1) is 14.9 Å². The summed E-state index contributed by atoms with van der Waals surface area (Å²) in [6, 6.07) is 8.14. The molecule has 0 aliphatic rings. The first-order chi connectivity index (χ1) is 5.27. The molecule has 11 heavy (non-hydrogen) atoms. The van der Waals surface area contributed by atoms with Gasteiger partial charge in [-0.3, -0.25) is 0 Å². The zero-order valence-electron chi connectivity index (χ0n) is 6.26. The topological polar surface area (TPSA) is 23.8 Å². The second-order valence-electron chi connectivity index (χ2n) is 2.27. The number of nitriles is 1. The number of aryl methyl sites for hydroxylation is 1. The van der Waals surface area contributed by atoms with Gasteiger partial charge < -0.3 is 0 Å². The molecule has 0 bridgehead atoms. The van der Waals surface area contributed by atoms with E-state index in [0.29, 0.717) is 0 Å². The van der Waals surface area contributed by atoms with Gasteiger partial charge in [-0.2, -0.15) is 5.26 Å². The summed E-state index contributed by atoms with van der Waals surface area (Å²) in [5, 5.41) is 8.72. The molecule has 0 fully saturated rings. The molecule has 1 nitrogen and oxygen atoms in total. The Bertz CT molecular complexity index is 299. The molecule has 56 valence electrons. The van der Waals surface area contributed by atoms with Crippen molar-refractivity contribution < 1.29 is 0 Å². The average Bonchev–Trinajstić information content (AvgIpc) is 2.04. The Morgan fingerprint density at radius 3 is 2.82 bits per heavy atom. The summed E-state index contributed by atoms with van der Waals surface area (Å²) in [5.74, 6) is 0. The van der Waals surface area contributed by atoms with E-state index in [1.54, 1.807) is 0 Å². The molecule has 0 aliphatic carbocycles. The second-order valence-corrected chi connectivity index (χ2v) is 3.51. The minimum atomic E-state index is 0.805. The Morgan fingerprint density at radius 2 is 2.27 bits per heavy atom. The molecule has 0 aromatic heterocycles. The lowest BCUT2D eigenvalue weighted by Crippen LogP contribution is -1.87. The maximum atomic E-state index is 8.72. The first kappa shape index (κ1) is 8.54. The number of rotatable bonds is 1. The summed E-state index contributed by atoms with van der Waals surface area (Å²) >= 11 is 2.21. The predicted octanol–water partition coefficient (Wildman–Crippen LogP) is 2.73. The van der Waals surface area contributed by atoms with Crippen molar-refractivity contribution in [1.29, 1.82) is 5.26 Å². The highest BCUT2D eigenvalue weighted by Gasteiger charge is 1.98. The molecule has 0 saturated heterocycles. The molecule has 0 heterocycles. The van der Waals surface area contributed by atoms with Crippen LogP contribution < -0.4 is 0 Å². The molecule has 0 unspecified atom stereocenters. The van der Waals surface area contributed by atoms with Gasteiger partial charge in [0.2, 0.25) is 0 Å². The smallest absolute Gasteiger partial charge is 0.0994 e. The van der Waals surface area contributed by atoms with Gasteiger partial charge in [0, 0.05) is 3.57 Å². The molecule has 0 N–H and O–H groups in total. The van der Waals surface area contributed by atoms with Crippen LogP contribution in [0.2, 0.25) is 0 Å². The van der Waals surface area contributed by atoms with Crippen LogP contribution in [0.5, 0.6) is 0 Å². The van der Waals surface area contributed by atoms with Crippen LogP contribution >= 0.6 is 22.6 Å². The molecule has 0 atom stereocenters. The molecule has 2 heteroatoms. The summed E-state index contributed by atoms with van der Waals surface area (Å²) in [7, 11) is 0. The van der Waals surface area contributed by atoms with Gasteiger partial charge in [0.05, 0.1) is 11.6 Å². The van der Waals surface area contributed by atoms with Gasteiger partial charge in [-0.25, -0.2) is 0 Å². The van der Waals surface area contributed by atoms with Crippen molar-refractivity contribution >= 4 is 22.6 Å². The average molecular weight is 257 g/mol. The van der Waals surface area contributed by atoms with Gasteiger partial charge in [0.15, 0.2) is 0 Å². The van der Waals surface area contributed by atoms with Crippen LogP contribution in [-0.2, 0) is 6.42 Å². The molecule has 0 radical (unpaired) electrons. The van der Waals surface area contributed by atoms with Crippen molar-refractivity contribution in [2.45, 2.75) is 13.3 Å². The third-order valence-electron chi connectivity index (χ3n) is 1.57. The van der Waals surface area contributed by atoms with Crippen LogP contribution in [0.25, 0.3) is 0 Å². The lowest BCUT2D eigenvalue weighted by atomic mass is 10.1. The van der Waals surface area contributed by atoms with Gasteiger partial charge in [0.1, 0.15) is 0 Å². The molecule has 0 aliphatic heterocycles. The molecule has 0 saturated carbocycles. The predicted molar refractivity (Wildman–Crippen MR) is 53.3 cm³/mol. The normalized spacial score (nSPS) is 9.18. The summed E-state index contributed by atoms with van der Waals surface area (Å²) in [6.45, 7) is 2.06. The molecule has 0 spiro atoms. The molecule has 0 amide bonds. The summed E-state index contributed by atoms with van der Waals surface area (Å²) in [5.41, 5.74) is 1.94. The minimum Gasteiger partial charge on any atom is -0.192 e. The maximum absolute atomic E-state index is 8.72. The zero-order chi connectivity index (χ0) is 8.27. The number of hydrogen-bond donors (Lipinski definition) is 0. The van der Waals surface area contributed by atoms with Crippen molar-refractivity contribution in [3.8, 4) is 6.07 Å². The van der Waals surface area contributed by atoms with Crippen molar-refractivity contribution in [3.63, 3.8) is 0 Å². The van der Waals surface area contributed by atoms with Crippen molar-refractivity contribution in [2.75, 3.05) is 0 Å². The fourth-order valence-corrected chi connectivity index (χ4v) is 1.45. The van der Waals surface area contributed by atoms with E-state index in [9.17, 15) is 0 Å². The van der Waals surface area contributed by atoms with Crippen LogP contribution in [0.1, 0.15) is 18.1 Å². The van der Waals surface area contributed by atoms with E-state index in [4.69, 9.17) is 5.26 Å². The van der Waals surface area contributed by atoms with E-state index in [2.05, 4.69) is 35.6 Å². The van der Waals surface area contributed by atoms with Crippen LogP contribution in [0.4, 0.5) is 0 Å². The quantitative estimate of drug-likeness (QED) is 0.709. The first-order valence-corrected chi connectivity index (χ1v) is 4.54. The summed E-state index contributed by atoms with van der Waals surface area (Å²) < 4.78 is 1.12. The third kappa shape index (κ3) is 1.93. The summed E-state index contributed by atoms with van der Waals surface area (Å²) in [4.78, 5) is 0. The van der Waals surface area contributed by atoms with Gasteiger partial charge in [-0.05, 0) is 46.7 Å². The van der Waals surface area contributed by atoms with E-state index in [0.717, 1.165) is 21.1 Å². The van der Waals surface area contributed by atoms with Gasteiger partial charge in [-0.15, -0.1) is 0 Å². The van der Waals surface area contributed by atoms with E-state index in [1.165, 1.54) is 0 Å².